The fraction of sp³-hybridized carbons (Fsp3) is 0.320. The standard InChI is InChI=1S/C22H27N3O3S.C3H5Br/c1-13(14(2)26)24-22-20(15(3)27)18-9-10-25(19(11-23)21(18)29-22)12-16-5-7-17(28-4)8-6-16;1-3(2)4/h5-8,19,24,26H,1-2,9-12,23H2,3-4H3;1H2,2H3. The number of aliphatic hydroxyl groups is 1. The second kappa shape index (κ2) is 12.2. The first-order valence-electron chi connectivity index (χ1n) is 10.5. The van der Waals surface area contributed by atoms with Gasteiger partial charge in [-0.2, -0.15) is 0 Å². The number of benzene rings is 1. The number of nitrogens with one attached hydrogen (secondary N) is 1. The molecule has 0 aliphatic carbocycles. The van der Waals surface area contributed by atoms with Crippen molar-refractivity contribution in [2.75, 3.05) is 25.5 Å². The molecule has 0 saturated carbocycles. The average Bonchev–Trinajstić information content (AvgIpc) is 3.11. The maximum Gasteiger partial charge on any atom is 0.163 e. The van der Waals surface area contributed by atoms with E-state index in [1.807, 2.05) is 19.1 Å². The Morgan fingerprint density at radius 1 is 1.30 bits per heavy atom. The van der Waals surface area contributed by atoms with Crippen molar-refractivity contribution in [3.63, 3.8) is 0 Å². The lowest BCUT2D eigenvalue weighted by molar-refractivity contribution is 0.101. The van der Waals surface area contributed by atoms with E-state index in [0.29, 0.717) is 17.1 Å². The molecule has 3 rings (SSSR count). The van der Waals surface area contributed by atoms with Gasteiger partial charge in [-0.15, -0.1) is 11.3 Å². The van der Waals surface area contributed by atoms with Gasteiger partial charge in [0.15, 0.2) is 5.78 Å². The molecule has 1 unspecified atom stereocenters. The van der Waals surface area contributed by atoms with E-state index in [9.17, 15) is 9.90 Å². The lowest BCUT2D eigenvalue weighted by atomic mass is 9.95. The van der Waals surface area contributed by atoms with Crippen LogP contribution in [0.5, 0.6) is 5.75 Å². The Bertz CT molecular complexity index is 1030. The Morgan fingerprint density at radius 2 is 1.91 bits per heavy atom. The third kappa shape index (κ3) is 7.04. The zero-order valence-electron chi connectivity index (χ0n) is 19.4. The number of thiophene rings is 1. The summed E-state index contributed by atoms with van der Waals surface area (Å²) in [6.45, 7) is 16.2. The van der Waals surface area contributed by atoms with Crippen LogP contribution in [0.4, 0.5) is 5.00 Å². The number of ketones is 1. The van der Waals surface area contributed by atoms with Gasteiger partial charge in [0.1, 0.15) is 16.5 Å². The summed E-state index contributed by atoms with van der Waals surface area (Å²) in [6.07, 6.45) is 0.766. The number of carbonyl (C=O) groups is 1. The van der Waals surface area contributed by atoms with Crippen LogP contribution in [0.2, 0.25) is 0 Å². The number of halogens is 1. The van der Waals surface area contributed by atoms with E-state index in [0.717, 1.165) is 40.2 Å². The van der Waals surface area contributed by atoms with Crippen LogP contribution in [0.1, 0.15) is 46.3 Å². The van der Waals surface area contributed by atoms with E-state index >= 15 is 0 Å². The molecule has 33 heavy (non-hydrogen) atoms. The monoisotopic (exact) mass is 533 g/mol. The number of aliphatic hydroxyl groups excluding tert-OH is 1. The molecule has 2 aromatic rings. The summed E-state index contributed by atoms with van der Waals surface area (Å²) in [6, 6.07) is 8.04. The van der Waals surface area contributed by atoms with E-state index in [1.54, 1.807) is 14.0 Å². The van der Waals surface area contributed by atoms with E-state index in [1.165, 1.54) is 16.9 Å². The number of hydrogen-bond donors (Lipinski definition) is 3. The molecule has 0 saturated heterocycles. The Labute approximate surface area is 208 Å². The van der Waals surface area contributed by atoms with Crippen molar-refractivity contribution in [3.05, 3.63) is 81.5 Å². The highest BCUT2D eigenvalue weighted by atomic mass is 79.9. The summed E-state index contributed by atoms with van der Waals surface area (Å²) in [4.78, 5) is 15.8. The Hall–Kier alpha value is -2.39. The molecule has 0 bridgehead atoms. The quantitative estimate of drug-likeness (QED) is 0.221. The summed E-state index contributed by atoms with van der Waals surface area (Å²) in [5.74, 6) is 0.666. The molecule has 0 fully saturated rings. The van der Waals surface area contributed by atoms with Crippen molar-refractivity contribution in [1.82, 2.24) is 4.90 Å². The fourth-order valence-corrected chi connectivity index (χ4v) is 5.13. The number of anilines is 1. The first-order chi connectivity index (χ1) is 15.6. The van der Waals surface area contributed by atoms with Crippen molar-refractivity contribution in [3.8, 4) is 5.75 Å². The highest BCUT2D eigenvalue weighted by Crippen LogP contribution is 2.43. The molecule has 0 spiro atoms. The molecule has 0 radical (unpaired) electrons. The maximum atomic E-state index is 12.4. The number of fused-ring (bicyclic) bond motifs is 1. The lowest BCUT2D eigenvalue weighted by Gasteiger charge is -2.35. The smallest absolute Gasteiger partial charge is 0.163 e. The summed E-state index contributed by atoms with van der Waals surface area (Å²) < 4.78 is 6.21. The molecule has 8 heteroatoms. The molecule has 6 nitrogen and oxygen atoms in total. The van der Waals surface area contributed by atoms with Crippen molar-refractivity contribution < 1.29 is 14.6 Å². The fourth-order valence-electron chi connectivity index (χ4n) is 3.66. The van der Waals surface area contributed by atoms with Gasteiger partial charge in [0.25, 0.3) is 0 Å². The minimum Gasteiger partial charge on any atom is -0.506 e. The number of nitrogens with two attached hydrogens (primary N) is 1. The topological polar surface area (TPSA) is 87.8 Å². The van der Waals surface area contributed by atoms with Crippen LogP contribution in [0.3, 0.4) is 0 Å². The lowest BCUT2D eigenvalue weighted by Crippen LogP contribution is -2.38. The number of ether oxygens (including phenoxy) is 1. The summed E-state index contributed by atoms with van der Waals surface area (Å²) >= 11 is 4.58. The van der Waals surface area contributed by atoms with E-state index in [4.69, 9.17) is 10.5 Å². The van der Waals surface area contributed by atoms with Gasteiger partial charge in [0, 0.05) is 24.5 Å². The van der Waals surface area contributed by atoms with Crippen LogP contribution in [0.15, 0.2) is 59.9 Å². The van der Waals surface area contributed by atoms with Crippen molar-refractivity contribution >= 4 is 38.1 Å². The second-order valence-electron chi connectivity index (χ2n) is 7.75. The van der Waals surface area contributed by atoms with Crippen LogP contribution in [-0.2, 0) is 13.0 Å². The van der Waals surface area contributed by atoms with Gasteiger partial charge in [0.05, 0.1) is 24.4 Å². The number of nitrogens with zero attached hydrogens (tertiary/aromatic N) is 1. The van der Waals surface area contributed by atoms with Gasteiger partial charge in [-0.25, -0.2) is 0 Å². The Morgan fingerprint density at radius 3 is 2.39 bits per heavy atom. The van der Waals surface area contributed by atoms with Crippen LogP contribution in [0.25, 0.3) is 0 Å². The van der Waals surface area contributed by atoms with Crippen LogP contribution >= 0.6 is 27.3 Å². The van der Waals surface area contributed by atoms with Crippen LogP contribution in [0, 0.1) is 0 Å². The highest BCUT2D eigenvalue weighted by Gasteiger charge is 2.33. The minimum atomic E-state index is -0.151. The Balaban J connectivity index is 0.000000890. The molecule has 0 amide bonds. The highest BCUT2D eigenvalue weighted by molar-refractivity contribution is 9.11. The molecular formula is C25H32BrN3O3S. The van der Waals surface area contributed by atoms with Gasteiger partial charge in [-0.3, -0.25) is 9.69 Å². The molecule has 4 N–H and O–H groups in total. The van der Waals surface area contributed by atoms with Crippen molar-refractivity contribution in [2.45, 2.75) is 32.9 Å². The zero-order valence-corrected chi connectivity index (χ0v) is 21.8. The average molecular weight is 535 g/mol. The van der Waals surface area contributed by atoms with Gasteiger partial charge in [-0.1, -0.05) is 47.8 Å². The largest absolute Gasteiger partial charge is 0.506 e. The van der Waals surface area contributed by atoms with E-state index in [2.05, 4.69) is 58.0 Å². The summed E-state index contributed by atoms with van der Waals surface area (Å²) in [7, 11) is 1.65. The first-order valence-corrected chi connectivity index (χ1v) is 12.1. The Kier molecular flexibility index (Phi) is 9.91. The zero-order chi connectivity index (χ0) is 24.7. The predicted octanol–water partition coefficient (Wildman–Crippen LogP) is 5.93. The molecular weight excluding hydrogens is 502 g/mol. The van der Waals surface area contributed by atoms with Gasteiger partial charge in [-0.05, 0) is 48.0 Å². The van der Waals surface area contributed by atoms with Crippen LogP contribution in [-0.4, -0.2) is 36.0 Å². The number of rotatable bonds is 8. The molecule has 1 aliphatic rings. The third-order valence-electron chi connectivity index (χ3n) is 5.16. The predicted molar refractivity (Wildman–Crippen MR) is 141 cm³/mol. The molecule has 1 aliphatic heterocycles. The SMILES string of the molecule is C=C(C)Br.C=C(O)C(=C)Nc1sc2c(c1C(C)=O)CCN(Cc1ccc(OC)cc1)C2CN. The number of hydrogen-bond acceptors (Lipinski definition) is 7. The molecule has 1 atom stereocenters. The van der Waals surface area contributed by atoms with Crippen molar-refractivity contribution in [1.29, 1.82) is 0 Å². The van der Waals surface area contributed by atoms with Gasteiger partial charge < -0.3 is 20.9 Å². The maximum absolute atomic E-state index is 12.4. The van der Waals surface area contributed by atoms with Crippen LogP contribution < -0.4 is 15.8 Å². The number of Topliss-reactive ketones (excluding diaryl/α,β-unsaturated/α-hetero) is 1. The van der Waals surface area contributed by atoms with E-state index < -0.39 is 0 Å². The van der Waals surface area contributed by atoms with Crippen molar-refractivity contribution in [2.24, 2.45) is 5.73 Å². The molecule has 2 heterocycles. The second-order valence-corrected chi connectivity index (χ2v) is 10.2. The molecule has 178 valence electrons. The molecule has 1 aromatic carbocycles. The number of methoxy groups -OCH3 is 1. The van der Waals surface area contributed by atoms with E-state index in [-0.39, 0.29) is 23.3 Å². The number of allylic oxidation sites excluding steroid dienone is 1. The first kappa shape index (κ1) is 26.9. The van der Waals surface area contributed by atoms with Gasteiger partial charge >= 0.3 is 0 Å². The number of carbonyl (C=O) groups excluding carboxylic acids is 1. The summed E-state index contributed by atoms with van der Waals surface area (Å²) in [5.41, 5.74) is 9.33. The minimum absolute atomic E-state index is 0.0132. The normalized spacial score (nSPS) is 15.0. The summed E-state index contributed by atoms with van der Waals surface area (Å²) in [5, 5.41) is 13.3. The third-order valence-corrected chi connectivity index (χ3v) is 6.41. The molecule has 1 aromatic heterocycles. The van der Waals surface area contributed by atoms with Gasteiger partial charge in [0.2, 0.25) is 0 Å².